The zero-order valence-corrected chi connectivity index (χ0v) is 23.0. The van der Waals surface area contributed by atoms with Crippen molar-refractivity contribution >= 4 is 29.5 Å². The Morgan fingerprint density at radius 3 is 2.69 bits per heavy atom. The second-order valence-electron chi connectivity index (χ2n) is 10.5. The largest absolute Gasteiger partial charge is 0.444 e. The van der Waals surface area contributed by atoms with Crippen molar-refractivity contribution in [3.8, 4) is 11.8 Å². The molecule has 1 atom stereocenters. The first-order valence-electron chi connectivity index (χ1n) is 12.9. The van der Waals surface area contributed by atoms with Gasteiger partial charge in [0.2, 0.25) is 11.9 Å². The van der Waals surface area contributed by atoms with Crippen LogP contribution in [0.5, 0.6) is 0 Å². The Hall–Kier alpha value is -3.94. The molecule has 1 aromatic carbocycles. The van der Waals surface area contributed by atoms with Crippen LogP contribution >= 0.6 is 0 Å². The Balaban J connectivity index is 1.57. The van der Waals surface area contributed by atoms with Gasteiger partial charge >= 0.3 is 6.09 Å². The van der Waals surface area contributed by atoms with E-state index in [1.165, 1.54) is 24.1 Å². The molecule has 0 saturated heterocycles. The molecule has 1 heterocycles. The third-order valence-electron chi connectivity index (χ3n) is 6.01. The number of hydrogen-bond donors (Lipinski definition) is 3. The van der Waals surface area contributed by atoms with Gasteiger partial charge in [-0.3, -0.25) is 14.1 Å². The highest BCUT2D eigenvalue weighted by Crippen LogP contribution is 2.27. The molecule has 210 valence electrons. The molecule has 3 N–H and O–H groups in total. The third-order valence-corrected chi connectivity index (χ3v) is 6.01. The van der Waals surface area contributed by atoms with Gasteiger partial charge in [0.05, 0.1) is 18.4 Å². The topological polar surface area (TPSA) is 108 Å². The first-order valence-corrected chi connectivity index (χ1v) is 12.9. The molecule has 1 aliphatic rings. The van der Waals surface area contributed by atoms with E-state index in [9.17, 15) is 18.4 Å². The monoisotopic (exact) mass is 542 g/mol. The molecular formula is C28H36F2N6O3. The maximum Gasteiger partial charge on any atom is 0.410 e. The van der Waals surface area contributed by atoms with Crippen LogP contribution in [0.2, 0.25) is 0 Å². The normalized spacial score (nSPS) is 17.1. The average molecular weight is 543 g/mol. The van der Waals surface area contributed by atoms with Crippen molar-refractivity contribution in [3.05, 3.63) is 41.8 Å². The highest BCUT2D eigenvalue weighted by molar-refractivity contribution is 5.85. The van der Waals surface area contributed by atoms with Crippen molar-refractivity contribution in [2.45, 2.75) is 64.6 Å². The minimum absolute atomic E-state index is 0.0393. The number of aromatic nitrogens is 2. The maximum absolute atomic E-state index is 13.5. The number of halogens is 2. The number of likely N-dealkylation sites (N-methyl/N-ethyl adjacent to an activating group) is 1. The van der Waals surface area contributed by atoms with Crippen molar-refractivity contribution in [1.29, 1.82) is 0 Å². The minimum atomic E-state index is -0.681. The highest BCUT2D eigenvalue weighted by Gasteiger charge is 2.33. The fraction of sp³-hybridized carbons (Fsp3) is 0.500. The summed E-state index contributed by atoms with van der Waals surface area (Å²) in [6.07, 6.45) is 2.66. The molecule has 2 aromatic rings. The SMILES string of the molecule is C[C@@H](C(=O)N[C@H]1C[C@@H](C#Cc2cnc(Nc3cccc(F)c3)nc2NCCCF)C1)N(C)C(=O)OC(C)(C)C. The summed E-state index contributed by atoms with van der Waals surface area (Å²) < 4.78 is 31.5. The highest BCUT2D eigenvalue weighted by atomic mass is 19.1. The van der Waals surface area contributed by atoms with E-state index >= 15 is 0 Å². The van der Waals surface area contributed by atoms with Gasteiger partial charge in [0.15, 0.2) is 0 Å². The van der Waals surface area contributed by atoms with E-state index in [1.54, 1.807) is 46.0 Å². The van der Waals surface area contributed by atoms with Crippen LogP contribution in [-0.2, 0) is 9.53 Å². The lowest BCUT2D eigenvalue weighted by atomic mass is 9.80. The number of anilines is 3. The van der Waals surface area contributed by atoms with Crippen LogP contribution in [0.25, 0.3) is 0 Å². The molecule has 1 fully saturated rings. The van der Waals surface area contributed by atoms with Gasteiger partial charge in [-0.05, 0) is 65.2 Å². The summed E-state index contributed by atoms with van der Waals surface area (Å²) in [6, 6.07) is 5.22. The van der Waals surface area contributed by atoms with Crippen molar-refractivity contribution in [2.75, 3.05) is 30.9 Å². The first kappa shape index (κ1) is 29.6. The zero-order chi connectivity index (χ0) is 28.6. The molecule has 0 aliphatic heterocycles. The fourth-order valence-corrected chi connectivity index (χ4v) is 3.66. The van der Waals surface area contributed by atoms with E-state index in [2.05, 4.69) is 37.8 Å². The molecule has 0 bridgehead atoms. The number of carbonyl (C=O) groups is 2. The Kier molecular flexibility index (Phi) is 10.0. The second-order valence-corrected chi connectivity index (χ2v) is 10.5. The fourth-order valence-electron chi connectivity index (χ4n) is 3.66. The van der Waals surface area contributed by atoms with Gasteiger partial charge in [-0.15, -0.1) is 0 Å². The molecule has 3 rings (SSSR count). The Morgan fingerprint density at radius 2 is 2.03 bits per heavy atom. The van der Waals surface area contributed by atoms with Crippen LogP contribution in [0.15, 0.2) is 30.5 Å². The van der Waals surface area contributed by atoms with E-state index in [0.717, 1.165) is 0 Å². The van der Waals surface area contributed by atoms with E-state index in [1.807, 2.05) is 0 Å². The molecule has 11 heteroatoms. The van der Waals surface area contributed by atoms with Crippen LogP contribution in [0.3, 0.4) is 0 Å². The minimum Gasteiger partial charge on any atom is -0.444 e. The Labute approximate surface area is 228 Å². The zero-order valence-electron chi connectivity index (χ0n) is 23.0. The third kappa shape index (κ3) is 9.09. The molecule has 9 nitrogen and oxygen atoms in total. The van der Waals surface area contributed by atoms with Crippen molar-refractivity contribution in [3.63, 3.8) is 0 Å². The van der Waals surface area contributed by atoms with Crippen LogP contribution in [-0.4, -0.2) is 64.8 Å². The molecule has 2 amide bonds. The van der Waals surface area contributed by atoms with Gasteiger partial charge in [0.25, 0.3) is 0 Å². The van der Waals surface area contributed by atoms with E-state index in [4.69, 9.17) is 4.74 Å². The summed E-state index contributed by atoms with van der Waals surface area (Å²) in [4.78, 5) is 34.9. The molecule has 1 aliphatic carbocycles. The standard InChI is InChI=1S/C28H36F2N6O3/c1-18(36(5)27(38)39-28(2,3)4)25(37)33-23-14-19(15-23)10-11-20-17-32-26(35-24(20)31-13-7-12-29)34-22-9-6-8-21(30)16-22/h6,8-9,16-19,23H,7,12-15H2,1-5H3,(H,33,37)(H2,31,32,34,35)/t18-,19-,23+/m0/s1. The molecule has 39 heavy (non-hydrogen) atoms. The van der Waals surface area contributed by atoms with Crippen LogP contribution < -0.4 is 16.0 Å². The second kappa shape index (κ2) is 13.2. The lowest BCUT2D eigenvalue weighted by Gasteiger charge is -2.34. The van der Waals surface area contributed by atoms with E-state index in [0.29, 0.717) is 42.9 Å². The summed E-state index contributed by atoms with van der Waals surface area (Å²) in [7, 11) is 1.54. The Morgan fingerprint density at radius 1 is 1.28 bits per heavy atom. The predicted molar refractivity (Wildman–Crippen MR) is 146 cm³/mol. The number of nitrogens with zero attached hydrogens (tertiary/aromatic N) is 3. The van der Waals surface area contributed by atoms with Crippen molar-refractivity contribution in [2.24, 2.45) is 5.92 Å². The molecule has 1 aromatic heterocycles. The van der Waals surface area contributed by atoms with Gasteiger partial charge in [-0.2, -0.15) is 4.98 Å². The predicted octanol–water partition coefficient (Wildman–Crippen LogP) is 4.63. The number of hydrogen-bond acceptors (Lipinski definition) is 7. The van der Waals surface area contributed by atoms with Gasteiger partial charge in [0.1, 0.15) is 23.3 Å². The Bertz CT molecular complexity index is 1220. The summed E-state index contributed by atoms with van der Waals surface area (Å²) >= 11 is 0. The lowest BCUT2D eigenvalue weighted by Crippen LogP contribution is -2.52. The van der Waals surface area contributed by atoms with Gasteiger partial charge < -0.3 is 20.7 Å². The number of ether oxygens (including phenoxy) is 1. The van der Waals surface area contributed by atoms with Crippen LogP contribution in [0, 0.1) is 23.6 Å². The molecule has 0 spiro atoms. The number of benzene rings is 1. The summed E-state index contributed by atoms with van der Waals surface area (Å²) in [5.74, 6) is 6.42. The number of nitrogens with one attached hydrogen (secondary N) is 3. The summed E-state index contributed by atoms with van der Waals surface area (Å²) in [6.45, 7) is 6.87. The number of amides is 2. The van der Waals surface area contributed by atoms with Crippen molar-refractivity contribution in [1.82, 2.24) is 20.2 Å². The molecule has 0 unspecified atom stereocenters. The molecule has 1 saturated carbocycles. The number of carbonyl (C=O) groups excluding carboxylic acids is 2. The lowest BCUT2D eigenvalue weighted by molar-refractivity contribution is -0.126. The number of alkyl halides is 1. The smallest absolute Gasteiger partial charge is 0.410 e. The molecule has 0 radical (unpaired) electrons. The molecular weight excluding hydrogens is 506 g/mol. The number of rotatable bonds is 9. The van der Waals surface area contributed by atoms with Gasteiger partial charge in [-0.1, -0.05) is 17.9 Å². The average Bonchev–Trinajstić information content (AvgIpc) is 2.84. The van der Waals surface area contributed by atoms with Crippen LogP contribution in [0.4, 0.5) is 31.0 Å². The maximum atomic E-state index is 13.5. The van der Waals surface area contributed by atoms with Gasteiger partial charge in [0, 0.05) is 31.2 Å². The first-order chi connectivity index (χ1) is 18.4. The summed E-state index contributed by atoms with van der Waals surface area (Å²) in [5, 5.41) is 9.00. The van der Waals surface area contributed by atoms with E-state index < -0.39 is 24.4 Å². The van der Waals surface area contributed by atoms with E-state index in [-0.39, 0.29) is 29.6 Å². The van der Waals surface area contributed by atoms with Crippen molar-refractivity contribution < 1.29 is 23.1 Å². The van der Waals surface area contributed by atoms with Crippen LogP contribution in [0.1, 0.15) is 52.5 Å². The summed E-state index contributed by atoms with van der Waals surface area (Å²) in [5.41, 5.74) is 0.407. The quantitative estimate of drug-likeness (QED) is 0.313. The van der Waals surface area contributed by atoms with Gasteiger partial charge in [-0.25, -0.2) is 14.2 Å².